The van der Waals surface area contributed by atoms with Gasteiger partial charge in [0.25, 0.3) is 0 Å². The summed E-state index contributed by atoms with van der Waals surface area (Å²) in [4.78, 5) is 25.1. The van der Waals surface area contributed by atoms with Crippen LogP contribution in [0.15, 0.2) is 36.4 Å². The molecule has 5 rings (SSSR count). The van der Waals surface area contributed by atoms with Gasteiger partial charge in [0, 0.05) is 18.2 Å². The number of aryl methyl sites for hydroxylation is 1. The number of nitrogens with one attached hydrogen (secondary N) is 1. The maximum Gasteiger partial charge on any atom is 0.320 e. The van der Waals surface area contributed by atoms with E-state index >= 15 is 0 Å². The zero-order valence-corrected chi connectivity index (χ0v) is 18.5. The average Bonchev–Trinajstić information content (AvgIpc) is 2.98. The molecule has 1 N–H and O–H groups in total. The summed E-state index contributed by atoms with van der Waals surface area (Å²) in [5, 5.41) is 0. The van der Waals surface area contributed by atoms with E-state index in [0.717, 1.165) is 58.7 Å². The number of aromatic amines is 1. The summed E-state index contributed by atoms with van der Waals surface area (Å²) in [6.07, 6.45) is 2.16. The molecule has 2 aliphatic rings. The van der Waals surface area contributed by atoms with Crippen molar-refractivity contribution in [3.8, 4) is 16.9 Å². The molecule has 3 heterocycles. The lowest BCUT2D eigenvalue weighted by Gasteiger charge is -2.39. The van der Waals surface area contributed by atoms with E-state index in [0.29, 0.717) is 25.6 Å². The smallest absolute Gasteiger partial charge is 0.320 e. The Balaban J connectivity index is 1.41. The largest absolute Gasteiger partial charge is 0.491 e. The van der Waals surface area contributed by atoms with Crippen molar-refractivity contribution in [1.29, 1.82) is 0 Å². The second-order valence-electron chi connectivity index (χ2n) is 9.10. The molecule has 0 bridgehead atoms. The number of ether oxygens (including phenoxy) is 1. The van der Waals surface area contributed by atoms with Crippen LogP contribution >= 0.6 is 0 Å². The van der Waals surface area contributed by atoms with E-state index in [1.165, 1.54) is 0 Å². The van der Waals surface area contributed by atoms with E-state index < -0.39 is 0 Å². The molecule has 0 unspecified atom stereocenters. The highest BCUT2D eigenvalue weighted by Gasteiger charge is 2.31. The van der Waals surface area contributed by atoms with Gasteiger partial charge in [0.05, 0.1) is 24.1 Å². The van der Waals surface area contributed by atoms with Crippen LogP contribution in [0.4, 0.5) is 4.79 Å². The summed E-state index contributed by atoms with van der Waals surface area (Å²) < 4.78 is 6.00. The van der Waals surface area contributed by atoms with Crippen molar-refractivity contribution < 1.29 is 9.53 Å². The summed E-state index contributed by atoms with van der Waals surface area (Å²) in [5.41, 5.74) is 5.31. The highest BCUT2D eigenvalue weighted by molar-refractivity contribution is 5.82. The molecule has 0 aliphatic carbocycles. The Morgan fingerprint density at radius 3 is 2.77 bits per heavy atom. The van der Waals surface area contributed by atoms with Crippen molar-refractivity contribution in [3.63, 3.8) is 0 Å². The lowest BCUT2D eigenvalue weighted by Crippen LogP contribution is -2.50. The van der Waals surface area contributed by atoms with E-state index in [1.807, 2.05) is 28.9 Å². The van der Waals surface area contributed by atoms with E-state index in [2.05, 4.69) is 48.1 Å². The first-order valence-corrected chi connectivity index (χ1v) is 11.3. The molecular weight excluding hydrogens is 388 g/mol. The number of imidazole rings is 1. The summed E-state index contributed by atoms with van der Waals surface area (Å²) >= 11 is 0. The van der Waals surface area contributed by atoms with Crippen LogP contribution in [0.25, 0.3) is 22.2 Å². The van der Waals surface area contributed by atoms with Crippen LogP contribution in [0.2, 0.25) is 0 Å². The predicted octanol–water partition coefficient (Wildman–Crippen LogP) is 4.97. The zero-order valence-electron chi connectivity index (χ0n) is 18.5. The maximum absolute atomic E-state index is 13.3. The number of carbonyl (C=O) groups is 1. The van der Waals surface area contributed by atoms with Crippen LogP contribution in [0.5, 0.6) is 5.75 Å². The molecule has 0 spiro atoms. The van der Waals surface area contributed by atoms with Gasteiger partial charge in [-0.25, -0.2) is 9.78 Å². The van der Waals surface area contributed by atoms with Crippen molar-refractivity contribution >= 4 is 17.1 Å². The number of nitrogens with zero attached hydrogens (tertiary/aromatic N) is 3. The van der Waals surface area contributed by atoms with Crippen LogP contribution in [0.1, 0.15) is 38.1 Å². The minimum Gasteiger partial charge on any atom is -0.491 e. The number of fused-ring (bicyclic) bond motifs is 2. The molecule has 6 heteroatoms. The topological polar surface area (TPSA) is 61.5 Å². The van der Waals surface area contributed by atoms with Crippen LogP contribution in [-0.4, -0.2) is 51.5 Å². The fourth-order valence-electron chi connectivity index (χ4n) is 4.93. The van der Waals surface area contributed by atoms with E-state index in [-0.39, 0.29) is 12.1 Å². The number of H-pyrrole nitrogens is 1. The molecule has 0 saturated carbocycles. The Hall–Kier alpha value is -3.02. The third-order valence-corrected chi connectivity index (χ3v) is 6.63. The lowest BCUT2D eigenvalue weighted by atomic mass is 9.94. The normalized spacial score (nSPS) is 21.5. The van der Waals surface area contributed by atoms with E-state index in [1.54, 1.807) is 0 Å². The summed E-state index contributed by atoms with van der Waals surface area (Å²) in [6, 6.07) is 13.0. The number of aromatic nitrogens is 2. The second-order valence-corrected chi connectivity index (χ2v) is 9.10. The monoisotopic (exact) mass is 418 g/mol. The summed E-state index contributed by atoms with van der Waals surface area (Å²) in [5.74, 6) is 2.47. The molecule has 1 aromatic heterocycles. The number of carbonyl (C=O) groups excluding carboxylic acids is 1. The van der Waals surface area contributed by atoms with Crippen molar-refractivity contribution in [1.82, 2.24) is 19.8 Å². The quantitative estimate of drug-likeness (QED) is 0.607. The molecule has 0 radical (unpaired) electrons. The number of rotatable bonds is 1. The van der Waals surface area contributed by atoms with Gasteiger partial charge in [0.2, 0.25) is 0 Å². The Morgan fingerprint density at radius 1 is 1.13 bits per heavy atom. The Morgan fingerprint density at radius 2 is 1.94 bits per heavy atom. The number of hydrogen-bond acceptors (Lipinski definition) is 3. The number of piperidine rings is 1. The SMILES string of the molecule is Cc1nc2ccc(-c3ccc4c(c3)CN(C(=O)N3CC[C@@H](C)C[C@@H]3C)CCO4)cc2[nH]1. The second kappa shape index (κ2) is 7.91. The van der Waals surface area contributed by atoms with Gasteiger partial charge < -0.3 is 19.5 Å². The van der Waals surface area contributed by atoms with E-state index in [4.69, 9.17) is 4.74 Å². The molecule has 2 aliphatic heterocycles. The van der Waals surface area contributed by atoms with Gasteiger partial charge in [-0.1, -0.05) is 19.1 Å². The maximum atomic E-state index is 13.3. The Bertz CT molecular complexity index is 1120. The molecule has 1 saturated heterocycles. The van der Waals surface area contributed by atoms with Crippen molar-refractivity contribution in [2.45, 2.75) is 46.2 Å². The molecule has 2 atom stereocenters. The molecule has 6 nitrogen and oxygen atoms in total. The van der Waals surface area contributed by atoms with Crippen molar-refractivity contribution in [2.75, 3.05) is 19.7 Å². The van der Waals surface area contributed by atoms with E-state index in [9.17, 15) is 4.79 Å². The van der Waals surface area contributed by atoms with Gasteiger partial charge >= 0.3 is 6.03 Å². The van der Waals surface area contributed by atoms with Crippen LogP contribution in [-0.2, 0) is 6.54 Å². The number of amides is 2. The van der Waals surface area contributed by atoms with Gasteiger partial charge in [-0.2, -0.15) is 0 Å². The predicted molar refractivity (Wildman–Crippen MR) is 122 cm³/mol. The molecule has 3 aromatic rings. The first kappa shape index (κ1) is 19.9. The highest BCUT2D eigenvalue weighted by atomic mass is 16.5. The third-order valence-electron chi connectivity index (χ3n) is 6.63. The zero-order chi connectivity index (χ0) is 21.5. The first-order chi connectivity index (χ1) is 15.0. The molecular formula is C25H30N4O2. The van der Waals surface area contributed by atoms with Gasteiger partial charge in [-0.05, 0) is 68.0 Å². The van der Waals surface area contributed by atoms with Crippen molar-refractivity contribution in [2.24, 2.45) is 5.92 Å². The molecule has 162 valence electrons. The van der Waals surface area contributed by atoms with Crippen molar-refractivity contribution in [3.05, 3.63) is 47.8 Å². The molecule has 1 fully saturated rings. The third kappa shape index (κ3) is 3.87. The van der Waals surface area contributed by atoms with Gasteiger partial charge in [-0.15, -0.1) is 0 Å². The average molecular weight is 419 g/mol. The first-order valence-electron chi connectivity index (χ1n) is 11.3. The Kier molecular flexibility index (Phi) is 5.08. The van der Waals surface area contributed by atoms with Gasteiger partial charge in [0.15, 0.2) is 0 Å². The number of urea groups is 1. The summed E-state index contributed by atoms with van der Waals surface area (Å²) in [7, 11) is 0. The molecule has 31 heavy (non-hydrogen) atoms. The number of likely N-dealkylation sites (tertiary alicyclic amines) is 1. The Labute approximate surface area is 183 Å². The minimum atomic E-state index is 0.135. The minimum absolute atomic E-state index is 0.135. The molecule has 2 aromatic carbocycles. The standard InChI is InChI=1S/C25H30N4O2/c1-16-8-9-29(17(2)12-16)25(30)28-10-11-31-24-7-5-19(13-21(24)15-28)20-4-6-22-23(14-20)27-18(3)26-22/h4-7,13-14,16-17H,8-12,15H2,1-3H3,(H,26,27)/t16-,17+/m1/s1. The fraction of sp³-hybridized carbons (Fsp3) is 0.440. The molecule has 2 amide bonds. The number of benzene rings is 2. The van der Waals surface area contributed by atoms with Crippen LogP contribution in [0.3, 0.4) is 0 Å². The van der Waals surface area contributed by atoms with Crippen LogP contribution < -0.4 is 4.74 Å². The lowest BCUT2D eigenvalue weighted by molar-refractivity contribution is 0.103. The van der Waals surface area contributed by atoms with Gasteiger partial charge in [0.1, 0.15) is 18.2 Å². The van der Waals surface area contributed by atoms with Crippen LogP contribution in [0, 0.1) is 12.8 Å². The highest BCUT2D eigenvalue weighted by Crippen LogP contribution is 2.31. The summed E-state index contributed by atoms with van der Waals surface area (Å²) in [6.45, 7) is 8.96. The van der Waals surface area contributed by atoms with Gasteiger partial charge in [-0.3, -0.25) is 0 Å². The fourth-order valence-corrected chi connectivity index (χ4v) is 4.93. The number of hydrogen-bond donors (Lipinski definition) is 1.